The third-order valence-corrected chi connectivity index (χ3v) is 5.43. The zero-order chi connectivity index (χ0) is 19.6. The average molecular weight is 398 g/mol. The van der Waals surface area contributed by atoms with Gasteiger partial charge in [0, 0.05) is 10.4 Å². The molecule has 0 saturated heterocycles. The molecule has 0 radical (unpaired) electrons. The molecule has 1 aromatic heterocycles. The zero-order valence-electron chi connectivity index (χ0n) is 14.4. The number of aryl methyl sites for hydroxylation is 1. The molecule has 9 heteroatoms. The van der Waals surface area contributed by atoms with Gasteiger partial charge in [0.1, 0.15) is 5.75 Å². The molecule has 1 aliphatic carbocycles. The number of alkyl halides is 3. The molecule has 1 atom stereocenters. The third-order valence-electron chi connectivity index (χ3n) is 4.19. The van der Waals surface area contributed by atoms with Crippen LogP contribution < -0.4 is 15.6 Å². The Hall–Kier alpha value is -2.55. The Morgan fingerprint density at radius 1 is 1.15 bits per heavy atom. The van der Waals surface area contributed by atoms with Crippen molar-refractivity contribution < 1.29 is 27.5 Å². The van der Waals surface area contributed by atoms with Crippen LogP contribution in [0.15, 0.2) is 30.3 Å². The minimum absolute atomic E-state index is 0.0872. The van der Waals surface area contributed by atoms with Gasteiger partial charge in [-0.1, -0.05) is 6.92 Å². The molecule has 3 rings (SSSR count). The minimum Gasteiger partial charge on any atom is -0.406 e. The van der Waals surface area contributed by atoms with Crippen LogP contribution >= 0.6 is 11.3 Å². The number of ether oxygens (including phenoxy) is 1. The van der Waals surface area contributed by atoms with Crippen LogP contribution in [0.5, 0.6) is 5.75 Å². The number of hydrogen-bond acceptors (Lipinski definition) is 4. The van der Waals surface area contributed by atoms with E-state index in [2.05, 4.69) is 22.5 Å². The third kappa shape index (κ3) is 5.00. The largest absolute Gasteiger partial charge is 0.573 e. The van der Waals surface area contributed by atoms with Crippen LogP contribution in [0.2, 0.25) is 0 Å². The topological polar surface area (TPSA) is 67.4 Å². The summed E-state index contributed by atoms with van der Waals surface area (Å²) in [5.41, 5.74) is 5.85. The molecule has 0 fully saturated rings. The maximum absolute atomic E-state index is 12.2. The summed E-state index contributed by atoms with van der Waals surface area (Å²) in [5, 5.41) is 0. The molecule has 2 aromatic rings. The molecular weight excluding hydrogens is 381 g/mol. The van der Waals surface area contributed by atoms with Gasteiger partial charge in [-0.05, 0) is 61.1 Å². The van der Waals surface area contributed by atoms with Crippen molar-refractivity contribution in [2.24, 2.45) is 5.92 Å². The Labute approximate surface area is 157 Å². The second-order valence-electron chi connectivity index (χ2n) is 6.39. The molecule has 1 aliphatic rings. The highest BCUT2D eigenvalue weighted by molar-refractivity contribution is 7.14. The number of carbonyl (C=O) groups is 2. The predicted octanol–water partition coefficient (Wildman–Crippen LogP) is 3.85. The molecule has 144 valence electrons. The van der Waals surface area contributed by atoms with Crippen molar-refractivity contribution >= 4 is 23.2 Å². The van der Waals surface area contributed by atoms with Crippen LogP contribution in [-0.4, -0.2) is 18.2 Å². The van der Waals surface area contributed by atoms with E-state index in [0.717, 1.165) is 31.4 Å². The van der Waals surface area contributed by atoms with Crippen molar-refractivity contribution in [2.45, 2.75) is 32.5 Å². The summed E-state index contributed by atoms with van der Waals surface area (Å²) in [7, 11) is 0. The molecule has 5 nitrogen and oxygen atoms in total. The molecule has 2 amide bonds. The van der Waals surface area contributed by atoms with E-state index < -0.39 is 23.9 Å². The van der Waals surface area contributed by atoms with Gasteiger partial charge in [-0.15, -0.1) is 24.5 Å². The Morgan fingerprint density at radius 2 is 1.81 bits per heavy atom. The molecule has 0 unspecified atom stereocenters. The average Bonchev–Trinajstić information content (AvgIpc) is 3.01. The second kappa shape index (κ2) is 7.59. The summed E-state index contributed by atoms with van der Waals surface area (Å²) >= 11 is 1.41. The molecule has 0 saturated carbocycles. The molecule has 2 N–H and O–H groups in total. The van der Waals surface area contributed by atoms with Gasteiger partial charge in [-0.25, -0.2) is 0 Å². The first kappa shape index (κ1) is 19.2. The standard InChI is InChI=1S/C18H17F3N2O3S/c1-10-2-7-14-12(8-10)9-15(27-14)17(25)23-22-16(24)11-3-5-13(6-4-11)26-18(19,20)21/h3-6,9-10H,2,7-8H2,1H3,(H,22,24)(H,23,25)/t10-/m1/s1. The van der Waals surface area contributed by atoms with Gasteiger partial charge in [0.2, 0.25) is 0 Å². The molecule has 1 heterocycles. The van der Waals surface area contributed by atoms with Crippen LogP contribution in [0.25, 0.3) is 0 Å². The van der Waals surface area contributed by atoms with Crippen LogP contribution in [0.3, 0.4) is 0 Å². The molecule has 1 aromatic carbocycles. The molecular formula is C18H17F3N2O3S. The fourth-order valence-corrected chi connectivity index (χ4v) is 3.98. The van der Waals surface area contributed by atoms with Crippen LogP contribution in [0.4, 0.5) is 13.2 Å². The van der Waals surface area contributed by atoms with Crippen molar-refractivity contribution in [1.29, 1.82) is 0 Å². The Kier molecular flexibility index (Phi) is 5.41. The van der Waals surface area contributed by atoms with Gasteiger partial charge < -0.3 is 4.74 Å². The van der Waals surface area contributed by atoms with Gasteiger partial charge in [0.05, 0.1) is 4.88 Å². The molecule has 0 bridgehead atoms. The van der Waals surface area contributed by atoms with Gasteiger partial charge in [-0.2, -0.15) is 0 Å². The highest BCUT2D eigenvalue weighted by atomic mass is 32.1. The highest BCUT2D eigenvalue weighted by Crippen LogP contribution is 2.32. The van der Waals surface area contributed by atoms with E-state index >= 15 is 0 Å². The summed E-state index contributed by atoms with van der Waals surface area (Å²) in [6, 6.07) is 6.25. The fourth-order valence-electron chi connectivity index (χ4n) is 2.87. The van der Waals surface area contributed by atoms with Crippen molar-refractivity contribution in [1.82, 2.24) is 10.9 Å². The summed E-state index contributed by atoms with van der Waals surface area (Å²) in [6.45, 7) is 2.17. The Morgan fingerprint density at radius 3 is 2.48 bits per heavy atom. The van der Waals surface area contributed by atoms with E-state index in [1.54, 1.807) is 0 Å². The number of rotatable bonds is 3. The fraction of sp³-hybridized carbons (Fsp3) is 0.333. The van der Waals surface area contributed by atoms with E-state index in [0.29, 0.717) is 10.8 Å². The first-order chi connectivity index (χ1) is 12.7. The summed E-state index contributed by atoms with van der Waals surface area (Å²) in [4.78, 5) is 26.0. The lowest BCUT2D eigenvalue weighted by Crippen LogP contribution is -2.41. The number of hydrazine groups is 1. The number of amides is 2. The number of thiophene rings is 1. The van der Waals surface area contributed by atoms with E-state index in [1.807, 2.05) is 6.07 Å². The SMILES string of the molecule is C[C@@H]1CCc2sc(C(=O)NNC(=O)c3ccc(OC(F)(F)F)cc3)cc2C1. The first-order valence-electron chi connectivity index (χ1n) is 8.29. The van der Waals surface area contributed by atoms with Gasteiger partial charge >= 0.3 is 6.36 Å². The normalized spacial score (nSPS) is 16.4. The first-order valence-corrected chi connectivity index (χ1v) is 9.11. The van der Waals surface area contributed by atoms with E-state index in [4.69, 9.17) is 0 Å². The number of halogens is 3. The van der Waals surface area contributed by atoms with Crippen molar-refractivity contribution in [3.8, 4) is 5.75 Å². The summed E-state index contributed by atoms with van der Waals surface area (Å²) < 4.78 is 40.1. The van der Waals surface area contributed by atoms with E-state index in [-0.39, 0.29) is 5.56 Å². The molecule has 27 heavy (non-hydrogen) atoms. The summed E-state index contributed by atoms with van der Waals surface area (Å²) in [6.07, 6.45) is -1.81. The van der Waals surface area contributed by atoms with E-state index in [1.165, 1.54) is 33.9 Å². The lowest BCUT2D eigenvalue weighted by atomic mass is 9.90. The van der Waals surface area contributed by atoms with Gasteiger partial charge in [-0.3, -0.25) is 20.4 Å². The van der Waals surface area contributed by atoms with Crippen LogP contribution in [0.1, 0.15) is 43.8 Å². The monoisotopic (exact) mass is 398 g/mol. The summed E-state index contributed by atoms with van der Waals surface area (Å²) in [5.74, 6) is -0.905. The maximum Gasteiger partial charge on any atom is 0.573 e. The van der Waals surface area contributed by atoms with Crippen molar-refractivity contribution in [3.05, 3.63) is 51.2 Å². The smallest absolute Gasteiger partial charge is 0.406 e. The number of hydrogen-bond donors (Lipinski definition) is 2. The van der Waals surface area contributed by atoms with Crippen LogP contribution in [-0.2, 0) is 12.8 Å². The van der Waals surface area contributed by atoms with E-state index in [9.17, 15) is 22.8 Å². The van der Waals surface area contributed by atoms with Gasteiger partial charge in [0.15, 0.2) is 0 Å². The van der Waals surface area contributed by atoms with Crippen molar-refractivity contribution in [2.75, 3.05) is 0 Å². The minimum atomic E-state index is -4.80. The quantitative estimate of drug-likeness (QED) is 0.772. The van der Waals surface area contributed by atoms with Gasteiger partial charge in [0.25, 0.3) is 11.8 Å². The van der Waals surface area contributed by atoms with Crippen LogP contribution in [0, 0.1) is 5.92 Å². The maximum atomic E-state index is 12.2. The zero-order valence-corrected chi connectivity index (χ0v) is 15.2. The Bertz CT molecular complexity index is 847. The number of carbonyl (C=O) groups excluding carboxylic acids is 2. The Balaban J connectivity index is 1.56. The lowest BCUT2D eigenvalue weighted by molar-refractivity contribution is -0.274. The number of nitrogens with one attached hydrogen (secondary N) is 2. The predicted molar refractivity (Wildman–Crippen MR) is 93.6 cm³/mol. The highest BCUT2D eigenvalue weighted by Gasteiger charge is 2.31. The second-order valence-corrected chi connectivity index (χ2v) is 7.52. The molecule has 0 aliphatic heterocycles. The van der Waals surface area contributed by atoms with Crippen molar-refractivity contribution in [3.63, 3.8) is 0 Å². The lowest BCUT2D eigenvalue weighted by Gasteiger charge is -2.16. The number of fused-ring (bicyclic) bond motifs is 1. The molecule has 0 spiro atoms. The number of benzene rings is 1.